The second kappa shape index (κ2) is 8.55. The van der Waals surface area contributed by atoms with Crippen molar-refractivity contribution in [2.75, 3.05) is 13.7 Å². The minimum Gasteiger partial charge on any atom is -0.380 e. The predicted molar refractivity (Wildman–Crippen MR) is 90.0 cm³/mol. The molecule has 0 spiro atoms. The van der Waals surface area contributed by atoms with Crippen molar-refractivity contribution in [1.29, 1.82) is 0 Å². The molecule has 0 saturated heterocycles. The van der Waals surface area contributed by atoms with Crippen LogP contribution in [0.15, 0.2) is 18.2 Å². The van der Waals surface area contributed by atoms with Crippen LogP contribution in [-0.4, -0.2) is 25.8 Å². The molecule has 2 heteroatoms. The lowest BCUT2D eigenvalue weighted by Crippen LogP contribution is -2.43. The number of rotatable bonds is 9. The molecule has 118 valence electrons. The van der Waals surface area contributed by atoms with E-state index in [0.717, 1.165) is 19.4 Å². The Balaban J connectivity index is 2.06. The molecule has 0 radical (unpaired) electrons. The molecule has 2 unspecified atom stereocenters. The molecule has 0 fully saturated rings. The van der Waals surface area contributed by atoms with Gasteiger partial charge in [-0.1, -0.05) is 38.5 Å². The van der Waals surface area contributed by atoms with Crippen LogP contribution in [0, 0.1) is 0 Å². The highest BCUT2D eigenvalue weighted by molar-refractivity contribution is 5.35. The van der Waals surface area contributed by atoms with Crippen LogP contribution in [0.25, 0.3) is 0 Å². The number of fused-ring (bicyclic) bond motifs is 1. The van der Waals surface area contributed by atoms with Crippen molar-refractivity contribution in [3.8, 4) is 0 Å². The zero-order valence-electron chi connectivity index (χ0n) is 14.0. The highest BCUT2D eigenvalue weighted by Crippen LogP contribution is 2.24. The molecule has 0 aliphatic heterocycles. The third-order valence-corrected chi connectivity index (χ3v) is 4.60. The standard InChI is InChI=1S/C19H31NO/c1-4-7-19(21-3)18(20-12-5-2)14-15-10-11-16-8-6-9-17(16)13-15/h10-11,13,18-20H,4-9,12,14H2,1-3H3. The molecule has 1 aromatic carbocycles. The van der Waals surface area contributed by atoms with Crippen molar-refractivity contribution in [3.63, 3.8) is 0 Å². The van der Waals surface area contributed by atoms with E-state index in [-0.39, 0.29) is 0 Å². The molecule has 2 nitrogen and oxygen atoms in total. The Morgan fingerprint density at radius 1 is 1.14 bits per heavy atom. The first-order valence-corrected chi connectivity index (χ1v) is 8.65. The summed E-state index contributed by atoms with van der Waals surface area (Å²) in [6.07, 6.45) is 8.72. The van der Waals surface area contributed by atoms with Gasteiger partial charge in [0.25, 0.3) is 0 Å². The minimum absolute atomic E-state index is 0.315. The highest BCUT2D eigenvalue weighted by atomic mass is 16.5. The van der Waals surface area contributed by atoms with E-state index in [9.17, 15) is 0 Å². The number of ether oxygens (including phenoxy) is 1. The number of benzene rings is 1. The normalized spacial score (nSPS) is 16.7. The molecule has 21 heavy (non-hydrogen) atoms. The van der Waals surface area contributed by atoms with E-state index in [1.807, 2.05) is 7.11 Å². The first kappa shape index (κ1) is 16.5. The van der Waals surface area contributed by atoms with Crippen molar-refractivity contribution in [2.45, 2.75) is 70.9 Å². The SMILES string of the molecule is CCCNC(Cc1ccc2c(c1)CCC2)C(CCC)OC. The summed E-state index contributed by atoms with van der Waals surface area (Å²) in [6, 6.07) is 7.52. The first-order chi connectivity index (χ1) is 10.3. The van der Waals surface area contributed by atoms with E-state index in [0.29, 0.717) is 12.1 Å². The minimum atomic E-state index is 0.315. The average molecular weight is 289 g/mol. The van der Waals surface area contributed by atoms with Crippen LogP contribution in [0.4, 0.5) is 0 Å². The van der Waals surface area contributed by atoms with E-state index in [2.05, 4.69) is 37.4 Å². The molecule has 2 rings (SSSR count). The molecule has 1 aliphatic rings. The van der Waals surface area contributed by atoms with Crippen LogP contribution in [-0.2, 0) is 24.0 Å². The lowest BCUT2D eigenvalue weighted by atomic mass is 9.96. The maximum Gasteiger partial charge on any atom is 0.0727 e. The molecule has 1 aromatic rings. The van der Waals surface area contributed by atoms with Crippen LogP contribution in [0.1, 0.15) is 56.2 Å². The fourth-order valence-corrected chi connectivity index (χ4v) is 3.44. The highest BCUT2D eigenvalue weighted by Gasteiger charge is 2.21. The van der Waals surface area contributed by atoms with Crippen LogP contribution in [0.3, 0.4) is 0 Å². The van der Waals surface area contributed by atoms with Crippen LogP contribution in [0.2, 0.25) is 0 Å². The van der Waals surface area contributed by atoms with Crippen molar-refractivity contribution in [1.82, 2.24) is 5.32 Å². The van der Waals surface area contributed by atoms with Crippen LogP contribution >= 0.6 is 0 Å². The third kappa shape index (κ3) is 4.55. The molecular formula is C19H31NO. The maximum absolute atomic E-state index is 5.75. The van der Waals surface area contributed by atoms with Gasteiger partial charge in [-0.3, -0.25) is 0 Å². The fraction of sp³-hybridized carbons (Fsp3) is 0.684. The van der Waals surface area contributed by atoms with Crippen LogP contribution < -0.4 is 5.32 Å². The summed E-state index contributed by atoms with van der Waals surface area (Å²) >= 11 is 0. The van der Waals surface area contributed by atoms with Gasteiger partial charge in [-0.15, -0.1) is 0 Å². The number of aryl methyl sites for hydroxylation is 2. The van der Waals surface area contributed by atoms with Gasteiger partial charge < -0.3 is 10.1 Å². The van der Waals surface area contributed by atoms with E-state index in [1.54, 1.807) is 11.1 Å². The number of methoxy groups -OCH3 is 1. The van der Waals surface area contributed by atoms with Gasteiger partial charge in [0, 0.05) is 13.2 Å². The molecule has 0 heterocycles. The lowest BCUT2D eigenvalue weighted by Gasteiger charge is -2.27. The Morgan fingerprint density at radius 2 is 1.95 bits per heavy atom. The zero-order valence-corrected chi connectivity index (χ0v) is 14.0. The predicted octanol–water partition coefficient (Wildman–Crippen LogP) is 3.90. The first-order valence-electron chi connectivity index (χ1n) is 8.65. The number of hydrogen-bond acceptors (Lipinski definition) is 2. The molecule has 1 aliphatic carbocycles. The smallest absolute Gasteiger partial charge is 0.0727 e. The third-order valence-electron chi connectivity index (χ3n) is 4.60. The monoisotopic (exact) mass is 289 g/mol. The zero-order chi connectivity index (χ0) is 15.1. The quantitative estimate of drug-likeness (QED) is 0.744. The molecule has 0 bridgehead atoms. The summed E-state index contributed by atoms with van der Waals surface area (Å²) in [6.45, 7) is 5.53. The lowest BCUT2D eigenvalue weighted by molar-refractivity contribution is 0.0609. The average Bonchev–Trinajstić information content (AvgIpc) is 2.96. The summed E-state index contributed by atoms with van der Waals surface area (Å²) in [5.74, 6) is 0. The van der Waals surface area contributed by atoms with Gasteiger partial charge in [0.2, 0.25) is 0 Å². The van der Waals surface area contributed by atoms with Gasteiger partial charge >= 0.3 is 0 Å². The van der Waals surface area contributed by atoms with Crippen molar-refractivity contribution >= 4 is 0 Å². The largest absolute Gasteiger partial charge is 0.380 e. The van der Waals surface area contributed by atoms with Crippen LogP contribution in [0.5, 0.6) is 0 Å². The fourth-order valence-electron chi connectivity index (χ4n) is 3.44. The summed E-state index contributed by atoms with van der Waals surface area (Å²) in [5.41, 5.74) is 4.60. The van der Waals surface area contributed by atoms with Gasteiger partial charge in [0.15, 0.2) is 0 Å². The van der Waals surface area contributed by atoms with Gasteiger partial charge in [0.05, 0.1) is 6.10 Å². The molecule has 0 aromatic heterocycles. The van der Waals surface area contributed by atoms with E-state index in [4.69, 9.17) is 4.74 Å². The Bertz CT molecular complexity index is 430. The summed E-state index contributed by atoms with van der Waals surface area (Å²) in [5, 5.41) is 3.70. The Hall–Kier alpha value is -0.860. The number of hydrogen-bond donors (Lipinski definition) is 1. The second-order valence-electron chi connectivity index (χ2n) is 6.28. The van der Waals surface area contributed by atoms with Crippen molar-refractivity contribution in [2.24, 2.45) is 0 Å². The Labute approximate surface area is 130 Å². The van der Waals surface area contributed by atoms with E-state index < -0.39 is 0 Å². The van der Waals surface area contributed by atoms with Crippen molar-refractivity contribution < 1.29 is 4.74 Å². The number of nitrogens with one attached hydrogen (secondary N) is 1. The van der Waals surface area contributed by atoms with Gasteiger partial charge in [0.1, 0.15) is 0 Å². The Kier molecular flexibility index (Phi) is 6.72. The molecule has 0 saturated carbocycles. The summed E-state index contributed by atoms with van der Waals surface area (Å²) in [4.78, 5) is 0. The molecule has 0 amide bonds. The second-order valence-corrected chi connectivity index (χ2v) is 6.28. The van der Waals surface area contributed by atoms with Gasteiger partial charge in [-0.2, -0.15) is 0 Å². The topological polar surface area (TPSA) is 21.3 Å². The molecule has 1 N–H and O–H groups in total. The molecule has 2 atom stereocenters. The summed E-state index contributed by atoms with van der Waals surface area (Å²) < 4.78 is 5.75. The molecular weight excluding hydrogens is 258 g/mol. The van der Waals surface area contributed by atoms with E-state index in [1.165, 1.54) is 37.7 Å². The summed E-state index contributed by atoms with van der Waals surface area (Å²) in [7, 11) is 1.85. The van der Waals surface area contributed by atoms with Gasteiger partial charge in [-0.05, 0) is 61.8 Å². The van der Waals surface area contributed by atoms with Gasteiger partial charge in [-0.25, -0.2) is 0 Å². The van der Waals surface area contributed by atoms with Crippen molar-refractivity contribution in [3.05, 3.63) is 34.9 Å². The van der Waals surface area contributed by atoms with E-state index >= 15 is 0 Å². The maximum atomic E-state index is 5.75. The Morgan fingerprint density at radius 3 is 2.67 bits per heavy atom.